The Kier molecular flexibility index (Phi) is 9.67. The van der Waals surface area contributed by atoms with Crippen LogP contribution < -0.4 is 14.4 Å². The Bertz CT molecular complexity index is 2200. The minimum absolute atomic E-state index is 0.00749. The Balaban J connectivity index is 1.10. The number of fused-ring (bicyclic) bond motifs is 4. The predicted octanol–water partition coefficient (Wildman–Crippen LogP) is 6.39. The van der Waals surface area contributed by atoms with Gasteiger partial charge in [-0.25, -0.2) is 13.8 Å². The third kappa shape index (κ3) is 6.29. The number of phenols is 1. The molecule has 11 nitrogen and oxygen atoms in total. The SMILES string of the molecule is C#Cc1c(F)ccc2cc(O)cc(-c3nc(OC)c4c(N5CCCC(O)C5)nc(OCC56CCCC(N(C7CCC8(CC7)COC8)CCC5)N6C)nc4c3F)c12. The Hall–Kier alpha value is -4.35. The number of piperidine rings is 2. The Morgan fingerprint density at radius 3 is 2.52 bits per heavy atom. The Labute approximate surface area is 326 Å². The van der Waals surface area contributed by atoms with Crippen LogP contribution in [0.25, 0.3) is 32.9 Å². The van der Waals surface area contributed by atoms with Gasteiger partial charge < -0.3 is 29.3 Å². The molecule has 6 heterocycles. The average molecular weight is 769 g/mol. The van der Waals surface area contributed by atoms with Crippen LogP contribution in [-0.4, -0.2) is 112 Å². The first-order valence-corrected chi connectivity index (χ1v) is 20.1. The van der Waals surface area contributed by atoms with E-state index in [1.54, 1.807) is 0 Å². The van der Waals surface area contributed by atoms with Gasteiger partial charge in [-0.15, -0.1) is 6.42 Å². The number of phenolic OH excluding ortho intramolecular Hbond substituents is 1. The molecule has 1 aliphatic carbocycles. The van der Waals surface area contributed by atoms with Crippen molar-refractivity contribution in [3.63, 3.8) is 0 Å². The van der Waals surface area contributed by atoms with Crippen molar-refractivity contribution in [3.05, 3.63) is 41.5 Å². The molecule has 56 heavy (non-hydrogen) atoms. The van der Waals surface area contributed by atoms with Crippen LogP contribution in [0.1, 0.15) is 76.2 Å². The maximum absolute atomic E-state index is 17.3. The van der Waals surface area contributed by atoms with Crippen LogP contribution in [0.4, 0.5) is 14.6 Å². The molecular weight excluding hydrogens is 719 g/mol. The minimum atomic E-state index is -0.827. The number of pyridine rings is 1. The number of aromatic nitrogens is 3. The van der Waals surface area contributed by atoms with Gasteiger partial charge in [-0.05, 0) is 108 Å². The van der Waals surface area contributed by atoms with Crippen molar-refractivity contribution in [1.82, 2.24) is 24.8 Å². The third-order valence-corrected chi connectivity index (χ3v) is 13.6. The van der Waals surface area contributed by atoms with Gasteiger partial charge in [0.05, 0.1) is 43.7 Å². The lowest BCUT2D eigenvalue weighted by Crippen LogP contribution is -2.62. The molecule has 9 rings (SSSR count). The van der Waals surface area contributed by atoms with Gasteiger partial charge in [0.15, 0.2) is 5.82 Å². The average Bonchev–Trinajstić information content (AvgIpc) is 3.25. The van der Waals surface area contributed by atoms with Gasteiger partial charge in [0.2, 0.25) is 5.88 Å². The summed E-state index contributed by atoms with van der Waals surface area (Å²) in [6.45, 7) is 4.04. The fraction of sp³-hybridized carbons (Fsp3) is 0.558. The van der Waals surface area contributed by atoms with Crippen molar-refractivity contribution in [2.24, 2.45) is 5.41 Å². The van der Waals surface area contributed by atoms with Crippen LogP contribution in [0.3, 0.4) is 0 Å². The maximum Gasteiger partial charge on any atom is 0.319 e. The number of aliphatic hydroxyl groups is 1. The number of ether oxygens (including phenoxy) is 3. The van der Waals surface area contributed by atoms with Gasteiger partial charge in [-0.2, -0.15) is 9.97 Å². The first-order chi connectivity index (χ1) is 27.1. The first-order valence-electron chi connectivity index (χ1n) is 20.1. The summed E-state index contributed by atoms with van der Waals surface area (Å²) in [7, 11) is 3.65. The zero-order chi connectivity index (χ0) is 38.8. The second kappa shape index (κ2) is 14.5. The van der Waals surface area contributed by atoms with Gasteiger partial charge in [0, 0.05) is 35.5 Å². The standard InChI is InChI=1S/C43H50F2N6O5/c1-4-30-32(44)11-10-26-20-29(53)21-31(34(26)30)37-36(45)38-35(40(46-37)54-3)39(50-18-6-8-28(52)22-50)48-41(47-38)56-25-43-14-5-9-33(49(43)2)51(19-7-15-43)27-12-16-42(17-13-27)23-55-24-42/h1,10-11,20-21,27-28,33,52-53H,5-9,12-19,22-25H2,2-3H3. The zero-order valence-electron chi connectivity index (χ0n) is 32.2. The minimum Gasteiger partial charge on any atom is -0.508 e. The number of hydrogen-bond donors (Lipinski definition) is 2. The highest BCUT2D eigenvalue weighted by Crippen LogP contribution is 2.47. The molecule has 2 bridgehead atoms. The van der Waals surface area contributed by atoms with Crippen LogP contribution in [0, 0.1) is 29.4 Å². The Morgan fingerprint density at radius 2 is 1.79 bits per heavy atom. The topological polar surface area (TPSA) is 117 Å². The van der Waals surface area contributed by atoms with E-state index in [-0.39, 0.29) is 62.8 Å². The number of hydrogen-bond acceptors (Lipinski definition) is 11. The van der Waals surface area contributed by atoms with Crippen molar-refractivity contribution in [1.29, 1.82) is 0 Å². The molecule has 5 aliphatic rings. The molecule has 0 radical (unpaired) electrons. The number of rotatable bonds is 7. The third-order valence-electron chi connectivity index (χ3n) is 13.6. The first kappa shape index (κ1) is 37.2. The van der Waals surface area contributed by atoms with Crippen molar-refractivity contribution in [2.75, 3.05) is 58.5 Å². The highest BCUT2D eigenvalue weighted by atomic mass is 19.1. The number of β-amino-alcohol motifs (C(OH)–C–C–N with tert-alkyl or cyclic N) is 1. The van der Waals surface area contributed by atoms with Gasteiger partial charge >= 0.3 is 6.01 Å². The van der Waals surface area contributed by atoms with Crippen molar-refractivity contribution >= 4 is 27.5 Å². The van der Waals surface area contributed by atoms with Crippen LogP contribution >= 0.6 is 0 Å². The number of aliphatic hydroxyl groups excluding tert-OH is 1. The van der Waals surface area contributed by atoms with E-state index in [1.807, 2.05) is 4.90 Å². The highest BCUT2D eigenvalue weighted by Gasteiger charge is 2.49. The van der Waals surface area contributed by atoms with E-state index < -0.39 is 17.7 Å². The summed E-state index contributed by atoms with van der Waals surface area (Å²) in [5, 5.41) is 22.3. The molecule has 4 aliphatic heterocycles. The number of terminal acetylenes is 1. The summed E-state index contributed by atoms with van der Waals surface area (Å²) in [6, 6.07) is 6.02. The Morgan fingerprint density at radius 1 is 0.982 bits per heavy atom. The second-order valence-corrected chi connectivity index (χ2v) is 16.8. The molecular formula is C43H50F2N6O5. The molecule has 4 saturated heterocycles. The number of nitrogens with zero attached hydrogens (tertiary/aromatic N) is 6. The van der Waals surface area contributed by atoms with Crippen LogP contribution in [0.2, 0.25) is 0 Å². The molecule has 2 N–H and O–H groups in total. The van der Waals surface area contributed by atoms with E-state index in [0.29, 0.717) is 54.8 Å². The van der Waals surface area contributed by atoms with Gasteiger partial charge in [-0.1, -0.05) is 12.0 Å². The van der Waals surface area contributed by atoms with Crippen LogP contribution in [0.15, 0.2) is 24.3 Å². The smallest absolute Gasteiger partial charge is 0.319 e. The largest absolute Gasteiger partial charge is 0.508 e. The molecule has 13 heteroatoms. The van der Waals surface area contributed by atoms with E-state index in [2.05, 4.69) is 27.8 Å². The molecule has 1 spiro atoms. The summed E-state index contributed by atoms with van der Waals surface area (Å²) in [5.74, 6) is 1.12. The lowest BCUT2D eigenvalue weighted by atomic mass is 9.70. The second-order valence-electron chi connectivity index (χ2n) is 16.8. The van der Waals surface area contributed by atoms with Crippen molar-refractivity contribution in [3.8, 4) is 41.2 Å². The molecule has 5 fully saturated rings. The molecule has 1 saturated carbocycles. The summed E-state index contributed by atoms with van der Waals surface area (Å²) >= 11 is 0. The summed E-state index contributed by atoms with van der Waals surface area (Å²) in [5.41, 5.74) is -0.166. The van der Waals surface area contributed by atoms with E-state index in [4.69, 9.17) is 30.6 Å². The molecule has 296 valence electrons. The van der Waals surface area contributed by atoms with E-state index in [9.17, 15) is 10.2 Å². The lowest BCUT2D eigenvalue weighted by molar-refractivity contribution is -0.145. The fourth-order valence-corrected chi connectivity index (χ4v) is 10.4. The molecule has 3 atom stereocenters. The normalized spacial score (nSPS) is 25.9. The monoisotopic (exact) mass is 768 g/mol. The number of halogens is 2. The van der Waals surface area contributed by atoms with Crippen LogP contribution in [-0.2, 0) is 4.74 Å². The van der Waals surface area contributed by atoms with E-state index >= 15 is 8.78 Å². The van der Waals surface area contributed by atoms with E-state index in [1.165, 1.54) is 57.1 Å². The van der Waals surface area contributed by atoms with Crippen molar-refractivity contribution in [2.45, 2.75) is 94.5 Å². The lowest BCUT2D eigenvalue weighted by Gasteiger charge is -2.53. The maximum atomic E-state index is 17.3. The van der Waals surface area contributed by atoms with Gasteiger partial charge in [-0.3, -0.25) is 9.80 Å². The van der Waals surface area contributed by atoms with Gasteiger partial charge in [0.1, 0.15) is 40.6 Å². The molecule has 4 aromatic rings. The van der Waals surface area contributed by atoms with Gasteiger partial charge in [0.25, 0.3) is 0 Å². The highest BCUT2D eigenvalue weighted by molar-refractivity contribution is 6.04. The summed E-state index contributed by atoms with van der Waals surface area (Å²) < 4.78 is 50.4. The summed E-state index contributed by atoms with van der Waals surface area (Å²) in [4.78, 5) is 21.4. The quantitative estimate of drug-likeness (QED) is 0.204. The summed E-state index contributed by atoms with van der Waals surface area (Å²) in [6.07, 6.45) is 16.8. The van der Waals surface area contributed by atoms with E-state index in [0.717, 1.165) is 51.9 Å². The number of likely N-dealkylation sites (N-methyl/N-ethyl adjacent to an activating group) is 1. The van der Waals surface area contributed by atoms with Crippen molar-refractivity contribution < 1.29 is 33.2 Å². The number of methoxy groups -OCH3 is 1. The number of anilines is 1. The predicted molar refractivity (Wildman–Crippen MR) is 209 cm³/mol. The fourth-order valence-electron chi connectivity index (χ4n) is 10.4. The number of benzene rings is 2. The van der Waals surface area contributed by atoms with Crippen LogP contribution in [0.5, 0.6) is 17.6 Å². The molecule has 2 aromatic carbocycles. The number of aromatic hydroxyl groups is 1. The molecule has 0 amide bonds. The zero-order valence-corrected chi connectivity index (χ0v) is 32.2. The molecule has 2 aromatic heterocycles. The molecule has 3 unspecified atom stereocenters.